The first kappa shape index (κ1) is 10.4. The second-order valence-electron chi connectivity index (χ2n) is 4.67. The molecule has 2 rings (SSSR count). The third kappa shape index (κ3) is 2.48. The van der Waals surface area contributed by atoms with E-state index in [1.807, 2.05) is 18.2 Å². The van der Waals surface area contributed by atoms with Crippen molar-refractivity contribution >= 4 is 5.82 Å². The van der Waals surface area contributed by atoms with Crippen molar-refractivity contribution in [2.75, 3.05) is 12.3 Å². The molecule has 1 fully saturated rings. The van der Waals surface area contributed by atoms with Gasteiger partial charge in [-0.1, -0.05) is 13.0 Å². The van der Waals surface area contributed by atoms with E-state index in [0.29, 0.717) is 11.9 Å². The van der Waals surface area contributed by atoms with Crippen molar-refractivity contribution in [3.8, 4) is 0 Å². The average molecular weight is 205 g/mol. The molecule has 15 heavy (non-hydrogen) atoms. The van der Waals surface area contributed by atoms with Crippen molar-refractivity contribution in [1.29, 1.82) is 0 Å². The van der Waals surface area contributed by atoms with Gasteiger partial charge in [0.25, 0.3) is 0 Å². The third-order valence-electron chi connectivity index (χ3n) is 3.11. The minimum Gasteiger partial charge on any atom is -0.384 e. The quantitative estimate of drug-likeness (QED) is 0.801. The molecule has 0 amide bonds. The molecule has 82 valence electrons. The summed E-state index contributed by atoms with van der Waals surface area (Å²) < 4.78 is 0. The smallest absolute Gasteiger partial charge is 0.123 e. The summed E-state index contributed by atoms with van der Waals surface area (Å²) in [6, 6.07) is 6.52. The number of nitrogens with two attached hydrogens (primary N) is 1. The third-order valence-corrected chi connectivity index (χ3v) is 3.11. The van der Waals surface area contributed by atoms with Gasteiger partial charge in [-0.2, -0.15) is 0 Å². The van der Waals surface area contributed by atoms with Crippen LogP contribution in [-0.4, -0.2) is 22.5 Å². The summed E-state index contributed by atoms with van der Waals surface area (Å²) in [5, 5.41) is 0. The number of nitrogens with zero attached hydrogens (tertiary/aromatic N) is 2. The van der Waals surface area contributed by atoms with E-state index in [9.17, 15) is 0 Å². The van der Waals surface area contributed by atoms with Crippen molar-refractivity contribution in [1.82, 2.24) is 9.88 Å². The lowest BCUT2D eigenvalue weighted by Gasteiger charge is -2.20. The Morgan fingerprint density at radius 3 is 2.87 bits per heavy atom. The summed E-state index contributed by atoms with van der Waals surface area (Å²) in [4.78, 5) is 6.81. The summed E-state index contributed by atoms with van der Waals surface area (Å²) in [6.07, 6.45) is 1.29. The number of hydrogen-bond donors (Lipinski definition) is 1. The molecule has 1 aliphatic rings. The van der Waals surface area contributed by atoms with Gasteiger partial charge < -0.3 is 5.73 Å². The van der Waals surface area contributed by atoms with E-state index in [-0.39, 0.29) is 0 Å². The van der Waals surface area contributed by atoms with Crippen LogP contribution in [0.4, 0.5) is 5.82 Å². The van der Waals surface area contributed by atoms with Crippen LogP contribution in [0.5, 0.6) is 0 Å². The highest BCUT2D eigenvalue weighted by atomic mass is 15.2. The summed E-state index contributed by atoms with van der Waals surface area (Å²) in [5.41, 5.74) is 6.74. The van der Waals surface area contributed by atoms with Gasteiger partial charge >= 0.3 is 0 Å². The lowest BCUT2D eigenvalue weighted by Crippen LogP contribution is -2.27. The predicted molar refractivity (Wildman–Crippen MR) is 62.3 cm³/mol. The van der Waals surface area contributed by atoms with Crippen LogP contribution in [0.15, 0.2) is 18.2 Å². The van der Waals surface area contributed by atoms with E-state index in [1.165, 1.54) is 13.0 Å². The van der Waals surface area contributed by atoms with Crippen LogP contribution >= 0.6 is 0 Å². The summed E-state index contributed by atoms with van der Waals surface area (Å²) in [6.45, 7) is 6.70. The van der Waals surface area contributed by atoms with Gasteiger partial charge in [0.15, 0.2) is 0 Å². The Labute approximate surface area is 91.3 Å². The Hall–Kier alpha value is -1.09. The zero-order valence-electron chi connectivity index (χ0n) is 9.48. The molecule has 3 nitrogen and oxygen atoms in total. The molecule has 1 saturated heterocycles. The zero-order valence-corrected chi connectivity index (χ0v) is 9.48. The first-order chi connectivity index (χ1) is 7.15. The normalized spacial score (nSPS) is 27.1. The molecule has 1 aromatic rings. The van der Waals surface area contributed by atoms with Gasteiger partial charge in [-0.3, -0.25) is 4.90 Å². The van der Waals surface area contributed by atoms with Crippen LogP contribution in [-0.2, 0) is 6.54 Å². The van der Waals surface area contributed by atoms with Gasteiger partial charge in [-0.25, -0.2) is 4.98 Å². The standard InChI is InChI=1S/C12H19N3/c1-9-6-10(2)15(7-9)8-11-4-3-5-12(13)14-11/h3-5,9-10H,6-8H2,1-2H3,(H2,13,14). The second kappa shape index (κ2) is 4.19. The van der Waals surface area contributed by atoms with Crippen molar-refractivity contribution in [2.24, 2.45) is 5.92 Å². The SMILES string of the molecule is CC1CC(C)N(Cc2cccc(N)n2)C1. The minimum atomic E-state index is 0.618. The molecule has 0 spiro atoms. The Morgan fingerprint density at radius 1 is 1.47 bits per heavy atom. The molecule has 2 atom stereocenters. The summed E-state index contributed by atoms with van der Waals surface area (Å²) in [7, 11) is 0. The van der Waals surface area contributed by atoms with Gasteiger partial charge in [-0.05, 0) is 31.4 Å². The summed E-state index contributed by atoms with van der Waals surface area (Å²) >= 11 is 0. The molecule has 0 bridgehead atoms. The maximum absolute atomic E-state index is 5.67. The molecule has 2 heterocycles. The van der Waals surface area contributed by atoms with Crippen molar-refractivity contribution in [2.45, 2.75) is 32.9 Å². The number of rotatable bonds is 2. The van der Waals surface area contributed by atoms with Gasteiger partial charge in [0.2, 0.25) is 0 Å². The maximum atomic E-state index is 5.67. The van der Waals surface area contributed by atoms with E-state index in [1.54, 1.807) is 0 Å². The van der Waals surface area contributed by atoms with E-state index in [4.69, 9.17) is 5.73 Å². The molecule has 0 aromatic carbocycles. The van der Waals surface area contributed by atoms with Crippen LogP contribution in [0, 0.1) is 5.92 Å². The molecule has 0 aliphatic carbocycles. The summed E-state index contributed by atoms with van der Waals surface area (Å²) in [5.74, 6) is 1.42. The Kier molecular flexibility index (Phi) is 2.91. The highest BCUT2D eigenvalue weighted by Gasteiger charge is 2.25. The predicted octanol–water partition coefficient (Wildman–Crippen LogP) is 1.89. The second-order valence-corrected chi connectivity index (χ2v) is 4.67. The molecule has 3 heteroatoms. The molecular formula is C12H19N3. The van der Waals surface area contributed by atoms with Crippen molar-refractivity contribution < 1.29 is 0 Å². The Morgan fingerprint density at radius 2 is 2.27 bits per heavy atom. The number of aromatic nitrogens is 1. The Balaban J connectivity index is 2.03. The fraction of sp³-hybridized carbons (Fsp3) is 0.583. The van der Waals surface area contributed by atoms with Gasteiger partial charge in [0.1, 0.15) is 5.82 Å². The molecule has 2 N–H and O–H groups in total. The van der Waals surface area contributed by atoms with Crippen molar-refractivity contribution in [3.63, 3.8) is 0 Å². The van der Waals surface area contributed by atoms with Gasteiger partial charge in [-0.15, -0.1) is 0 Å². The van der Waals surface area contributed by atoms with E-state index in [0.717, 1.165) is 18.2 Å². The van der Waals surface area contributed by atoms with Crippen molar-refractivity contribution in [3.05, 3.63) is 23.9 Å². The Bertz CT molecular complexity index is 337. The first-order valence-electron chi connectivity index (χ1n) is 5.60. The number of anilines is 1. The number of hydrogen-bond acceptors (Lipinski definition) is 3. The number of pyridine rings is 1. The average Bonchev–Trinajstić information content (AvgIpc) is 2.45. The molecule has 1 aliphatic heterocycles. The maximum Gasteiger partial charge on any atom is 0.123 e. The lowest BCUT2D eigenvalue weighted by atomic mass is 10.1. The molecular weight excluding hydrogens is 186 g/mol. The van der Waals surface area contributed by atoms with E-state index in [2.05, 4.69) is 23.7 Å². The highest BCUT2D eigenvalue weighted by molar-refractivity contribution is 5.28. The molecule has 2 unspecified atom stereocenters. The first-order valence-corrected chi connectivity index (χ1v) is 5.60. The molecule has 0 radical (unpaired) electrons. The van der Waals surface area contributed by atoms with Crippen LogP contribution in [0.25, 0.3) is 0 Å². The van der Waals surface area contributed by atoms with Crippen LogP contribution in [0.2, 0.25) is 0 Å². The molecule has 0 saturated carbocycles. The van der Waals surface area contributed by atoms with Crippen LogP contribution < -0.4 is 5.73 Å². The van der Waals surface area contributed by atoms with Gasteiger partial charge in [0, 0.05) is 19.1 Å². The van der Waals surface area contributed by atoms with Crippen LogP contribution in [0.3, 0.4) is 0 Å². The monoisotopic (exact) mass is 205 g/mol. The number of likely N-dealkylation sites (tertiary alicyclic amines) is 1. The van der Waals surface area contributed by atoms with Crippen LogP contribution in [0.1, 0.15) is 26.0 Å². The fourth-order valence-electron chi connectivity index (χ4n) is 2.40. The highest BCUT2D eigenvalue weighted by Crippen LogP contribution is 2.23. The molecule has 1 aromatic heterocycles. The fourth-order valence-corrected chi connectivity index (χ4v) is 2.40. The largest absolute Gasteiger partial charge is 0.384 e. The zero-order chi connectivity index (χ0) is 10.8. The van der Waals surface area contributed by atoms with E-state index >= 15 is 0 Å². The van der Waals surface area contributed by atoms with Gasteiger partial charge in [0.05, 0.1) is 5.69 Å². The minimum absolute atomic E-state index is 0.618. The topological polar surface area (TPSA) is 42.1 Å². The van der Waals surface area contributed by atoms with E-state index < -0.39 is 0 Å². The lowest BCUT2D eigenvalue weighted by molar-refractivity contribution is 0.253. The number of nitrogen functional groups attached to an aromatic ring is 1.